The fourth-order valence-electron chi connectivity index (χ4n) is 22.3. The van der Waals surface area contributed by atoms with E-state index in [1.807, 2.05) is 72.8 Å². The minimum atomic E-state index is -1.01. The van der Waals surface area contributed by atoms with Crippen LogP contribution in [0.4, 0.5) is 0 Å². The highest BCUT2D eigenvalue weighted by Gasteiger charge is 2.53. The van der Waals surface area contributed by atoms with E-state index in [4.69, 9.17) is 0 Å². The lowest BCUT2D eigenvalue weighted by molar-refractivity contribution is 0.0505. The number of carbonyl (C=O) groups is 8. The van der Waals surface area contributed by atoms with Crippen molar-refractivity contribution >= 4 is 133 Å². The van der Waals surface area contributed by atoms with Crippen LogP contribution in [0.25, 0.3) is 131 Å². The summed E-state index contributed by atoms with van der Waals surface area (Å²) in [5, 5.41) is 12.1. The zero-order valence-corrected chi connectivity index (χ0v) is 65.3. The normalized spacial score (nSPS) is 15.4. The fourth-order valence-corrected chi connectivity index (χ4v) is 22.3. The minimum Gasteiger partial charge on any atom is -0.271 e. The van der Waals surface area contributed by atoms with Gasteiger partial charge in [0.1, 0.15) is 0 Å². The molecule has 0 fully saturated rings. The van der Waals surface area contributed by atoms with E-state index in [0.717, 1.165) is 172 Å². The lowest BCUT2D eigenvalue weighted by atomic mass is 9.69. The molecule has 0 saturated heterocycles. The van der Waals surface area contributed by atoms with Gasteiger partial charge in [0.2, 0.25) is 0 Å². The Kier molecular flexibility index (Phi) is 16.3. The Morgan fingerprint density at radius 2 is 0.460 bits per heavy atom. The van der Waals surface area contributed by atoms with Gasteiger partial charge in [0.25, 0.3) is 47.3 Å². The van der Waals surface area contributed by atoms with Crippen LogP contribution in [0.15, 0.2) is 170 Å². The summed E-state index contributed by atoms with van der Waals surface area (Å²) in [6, 6.07) is 57.0. The Hall–Kier alpha value is -11.8. The van der Waals surface area contributed by atoms with Gasteiger partial charge in [-0.3, -0.25) is 58.0 Å². The first-order valence-corrected chi connectivity index (χ1v) is 41.6. The minimum absolute atomic E-state index is 0.246. The average Bonchev–Trinajstić information content (AvgIpc) is 1.33. The second-order valence-corrected chi connectivity index (χ2v) is 32.9. The highest BCUT2D eigenvalue weighted by atomic mass is 16.2. The molecule has 20 rings (SSSR count). The van der Waals surface area contributed by atoms with E-state index in [2.05, 4.69) is 152 Å². The first kappa shape index (κ1) is 70.4. The third-order valence-electron chi connectivity index (χ3n) is 26.8. The van der Waals surface area contributed by atoms with Crippen LogP contribution >= 0.6 is 0 Å². The maximum absolute atomic E-state index is 16.5. The number of hydrogen-bond acceptors (Lipinski definition) is 8. The first-order chi connectivity index (χ1) is 55.1. The summed E-state index contributed by atoms with van der Waals surface area (Å²) >= 11 is 0. The molecule has 0 N–H and O–H groups in total. The summed E-state index contributed by atoms with van der Waals surface area (Å²) in [4.78, 5) is 131. The maximum Gasteiger partial charge on any atom is 0.262 e. The predicted octanol–water partition coefficient (Wildman–Crippen LogP) is 23.7. The lowest BCUT2D eigenvalue weighted by Crippen LogP contribution is -2.47. The summed E-state index contributed by atoms with van der Waals surface area (Å²) in [5.41, 5.74) is 13.8. The van der Waals surface area contributed by atoms with Crippen LogP contribution < -0.4 is 0 Å². The molecule has 12 nitrogen and oxygen atoms in total. The predicted molar refractivity (Wildman–Crippen MR) is 452 cm³/mol. The zero-order chi connectivity index (χ0) is 77.6. The Morgan fingerprint density at radius 1 is 0.221 bits per heavy atom. The summed E-state index contributed by atoms with van der Waals surface area (Å²) in [6.45, 7) is 16.8. The summed E-state index contributed by atoms with van der Waals surface area (Å²) in [5.74, 6) is -2.48. The van der Waals surface area contributed by atoms with Crippen LogP contribution in [0.3, 0.4) is 0 Å². The number of rotatable bonds is 22. The van der Waals surface area contributed by atoms with Gasteiger partial charge in [0, 0.05) is 79.1 Å². The Labute approximate surface area is 656 Å². The van der Waals surface area contributed by atoms with E-state index < -0.39 is 5.41 Å². The molecule has 14 aromatic carbocycles. The molecule has 0 radical (unpaired) electrons. The highest BCUT2D eigenvalue weighted by molar-refractivity contribution is 6.45. The van der Waals surface area contributed by atoms with Crippen LogP contribution in [0.5, 0.6) is 0 Å². The van der Waals surface area contributed by atoms with Crippen molar-refractivity contribution in [1.82, 2.24) is 19.6 Å². The summed E-state index contributed by atoms with van der Waals surface area (Å²) in [7, 11) is 0. The molecule has 14 aromatic rings. The molecular weight excluding hydrogens is 1400 g/mol. The van der Waals surface area contributed by atoms with Crippen LogP contribution in [0.2, 0.25) is 0 Å². The number of nitrogens with zero attached hydrogens (tertiary/aromatic N) is 4. The van der Waals surface area contributed by atoms with E-state index in [9.17, 15) is 0 Å². The van der Waals surface area contributed by atoms with Gasteiger partial charge in [-0.1, -0.05) is 216 Å². The van der Waals surface area contributed by atoms with Gasteiger partial charge in [-0.2, -0.15) is 0 Å². The largest absolute Gasteiger partial charge is 0.271 e. The van der Waals surface area contributed by atoms with E-state index in [-0.39, 0.29) is 71.4 Å². The second-order valence-electron chi connectivity index (χ2n) is 32.9. The fraction of sp³-hybridized carbons (Fsp3) is 0.287. The van der Waals surface area contributed by atoms with Crippen LogP contribution in [0.1, 0.15) is 263 Å². The number of imide groups is 4. The van der Waals surface area contributed by atoms with Gasteiger partial charge >= 0.3 is 0 Å². The monoisotopic (exact) mass is 1480 g/mol. The first-order valence-electron chi connectivity index (χ1n) is 41.6. The van der Waals surface area contributed by atoms with Crippen molar-refractivity contribution in [3.63, 3.8) is 0 Å². The molecule has 0 atom stereocenters. The van der Waals surface area contributed by atoms with Crippen molar-refractivity contribution in [3.05, 3.63) is 237 Å². The SMILES string of the molecule is CCCC(CCC)N1C(=O)c2ccc3c4ccc5c6c(c(-c7ccc8c(c7)C7(c9ccccc9-c9ccccc97)c7cc(-c9cc%10c%11ccc%12c%13c(ccc(c%14ccc%15c(c9C(=O)N(C(CCC)CCC)C%15=O)c%14%10)c%13%11)C(=O)N(C(CCC)CCC)C%12=O)ccc7-8)cc(c7ccc(c2c37)C1=O)c64)C(=O)N(C(CCC)CCC)C5=O. The topological polar surface area (TPSA) is 150 Å². The van der Waals surface area contributed by atoms with Crippen LogP contribution in [0, 0.1) is 0 Å². The molecule has 0 bridgehead atoms. The highest BCUT2D eigenvalue weighted by Crippen LogP contribution is 2.65. The number of carbonyl (C=O) groups excluding carboxylic acids is 8. The van der Waals surface area contributed by atoms with Gasteiger partial charge in [-0.25, -0.2) is 0 Å². The number of benzene rings is 14. The quantitative estimate of drug-likeness (QED) is 0.0370. The molecule has 113 heavy (non-hydrogen) atoms. The average molecular weight is 1490 g/mol. The number of hydrogen-bond donors (Lipinski definition) is 0. The smallest absolute Gasteiger partial charge is 0.262 e. The third-order valence-corrected chi connectivity index (χ3v) is 26.8. The van der Waals surface area contributed by atoms with Crippen molar-refractivity contribution in [3.8, 4) is 44.5 Å². The van der Waals surface area contributed by atoms with Crippen molar-refractivity contribution in [2.45, 2.75) is 188 Å². The number of fused-ring (bicyclic) bond motifs is 14. The second kappa shape index (κ2) is 26.2. The molecule has 0 aromatic heterocycles. The van der Waals surface area contributed by atoms with Gasteiger partial charge in [0.15, 0.2) is 0 Å². The molecule has 6 aliphatic rings. The van der Waals surface area contributed by atoms with E-state index in [1.54, 1.807) is 9.80 Å². The van der Waals surface area contributed by atoms with Gasteiger partial charge in [-0.15, -0.1) is 0 Å². The molecule has 560 valence electrons. The Bertz CT molecular complexity index is 6170. The third kappa shape index (κ3) is 9.32. The molecule has 2 aliphatic carbocycles. The van der Waals surface area contributed by atoms with Crippen molar-refractivity contribution in [2.75, 3.05) is 0 Å². The summed E-state index contributed by atoms with van der Waals surface area (Å²) in [6.07, 6.45) is 11.8. The summed E-state index contributed by atoms with van der Waals surface area (Å²) < 4.78 is 0. The van der Waals surface area contributed by atoms with Crippen molar-refractivity contribution < 1.29 is 38.4 Å². The molecule has 4 heterocycles. The molecule has 0 unspecified atom stereocenters. The van der Waals surface area contributed by atoms with Crippen LogP contribution in [-0.2, 0) is 5.41 Å². The Balaban J connectivity index is 0.846. The number of amides is 8. The van der Waals surface area contributed by atoms with E-state index in [1.165, 1.54) is 9.80 Å². The molecule has 1 spiro atoms. The molecule has 0 saturated carbocycles. The van der Waals surface area contributed by atoms with Crippen molar-refractivity contribution in [1.29, 1.82) is 0 Å². The molecule has 12 heteroatoms. The van der Waals surface area contributed by atoms with Gasteiger partial charge in [-0.05, 0) is 243 Å². The molecular formula is C101H88N4O8. The van der Waals surface area contributed by atoms with Crippen molar-refractivity contribution in [2.24, 2.45) is 0 Å². The molecule has 4 aliphatic heterocycles. The van der Waals surface area contributed by atoms with Crippen LogP contribution in [-0.4, -0.2) is 91.0 Å². The maximum atomic E-state index is 16.5. The van der Waals surface area contributed by atoms with Gasteiger partial charge in [0.05, 0.1) is 16.5 Å². The standard InChI is InChI=1S/C101H88N4O8/c1-9-21-55(22-10-2)102-93(106)69-43-37-63-65-39-47-73-89-85(65)77(67-41-45-71(95(102)108)87(69)83(63)67)51-75(91(89)99(112)104(97(73)110)57(25-13-5)26-14-6)53-33-35-61-62-36-34-54(50-82(62)101(81(61)49-53)79-31-19-17-29-59(79)60-30-18-20-32-80(60)101)76-52-78-68-42-46-72-88-70(94(107)103(96(72)109)56(23-11-3)24-12-4)44-38-64(84(68)88)66-40-48-74-90(86(66)78)92(76)100(113)105(98(74)111)58(27-15-7)28-16-8/h17-20,29-52,55-58H,9-16,21-28H2,1-8H3. The lowest BCUT2D eigenvalue weighted by Gasteiger charge is -2.36. The Morgan fingerprint density at radius 3 is 0.752 bits per heavy atom. The van der Waals surface area contributed by atoms with E-state index >= 15 is 38.4 Å². The van der Waals surface area contributed by atoms with Gasteiger partial charge < -0.3 is 0 Å². The van der Waals surface area contributed by atoms with E-state index in [0.29, 0.717) is 129 Å². The zero-order valence-electron chi connectivity index (χ0n) is 65.3. The molecule has 8 amide bonds.